The van der Waals surface area contributed by atoms with E-state index in [0.29, 0.717) is 25.7 Å². The first-order valence-corrected chi connectivity index (χ1v) is 28.5. The molecule has 5 N–H and O–H groups in total. The number of carbonyl (C=O) groups excluding carboxylic acids is 2. The maximum Gasteiger partial charge on any atom is 0.472 e. The molecule has 5 atom stereocenters. The number of ether oxygens (including phenoxy) is 2. The molecule has 0 aromatic carbocycles. The fourth-order valence-corrected chi connectivity index (χ4v) is 7.88. The van der Waals surface area contributed by atoms with Crippen LogP contribution in [0.25, 0.3) is 0 Å². The first kappa shape index (κ1) is 64.8. The summed E-state index contributed by atoms with van der Waals surface area (Å²) in [6.07, 6.45) is 45.9. The van der Waals surface area contributed by atoms with Crippen LogP contribution in [0.3, 0.4) is 0 Å². The number of esters is 2. The Morgan fingerprint density at radius 3 is 1.51 bits per heavy atom. The Morgan fingerprint density at radius 1 is 0.522 bits per heavy atom. The van der Waals surface area contributed by atoms with Crippen LogP contribution in [0.4, 0.5) is 0 Å². The number of aliphatic hydroxyl groups excluding tert-OH is 2. The molecule has 0 spiro atoms. The molecule has 0 aromatic heterocycles. The van der Waals surface area contributed by atoms with Gasteiger partial charge in [-0.25, -0.2) is 9.13 Å². The van der Waals surface area contributed by atoms with E-state index in [-0.39, 0.29) is 12.8 Å². The highest BCUT2D eigenvalue weighted by atomic mass is 31.2. The lowest BCUT2D eigenvalue weighted by Gasteiger charge is -2.20. The third-order valence-electron chi connectivity index (χ3n) is 11.1. The summed E-state index contributed by atoms with van der Waals surface area (Å²) in [5.74, 6) is -0.234. The summed E-state index contributed by atoms with van der Waals surface area (Å²) in [6, 6.07) is 0. The van der Waals surface area contributed by atoms with Gasteiger partial charge in [0.05, 0.1) is 25.9 Å². The first-order chi connectivity index (χ1) is 32.2. The van der Waals surface area contributed by atoms with Crippen molar-refractivity contribution in [1.82, 2.24) is 0 Å². The van der Waals surface area contributed by atoms with Gasteiger partial charge in [0.2, 0.25) is 0 Å². The molecule has 0 aliphatic heterocycles. The molecule has 0 rings (SSSR count). The van der Waals surface area contributed by atoms with E-state index < -0.39 is 72.3 Å². The largest absolute Gasteiger partial charge is 0.472 e. The molecule has 67 heavy (non-hydrogen) atoms. The topological polar surface area (TPSA) is 216 Å². The molecule has 16 heteroatoms. The van der Waals surface area contributed by atoms with Crippen molar-refractivity contribution in [2.75, 3.05) is 26.4 Å². The second-order valence-electron chi connectivity index (χ2n) is 17.5. The summed E-state index contributed by atoms with van der Waals surface area (Å²) in [4.78, 5) is 52.9. The van der Waals surface area contributed by atoms with Crippen LogP contribution in [0.1, 0.15) is 201 Å². The highest BCUT2D eigenvalue weighted by Crippen LogP contribution is 2.44. The molecule has 0 fully saturated rings. The van der Waals surface area contributed by atoms with Crippen molar-refractivity contribution in [2.24, 2.45) is 5.92 Å². The van der Waals surface area contributed by atoms with Gasteiger partial charge >= 0.3 is 27.6 Å². The van der Waals surface area contributed by atoms with Gasteiger partial charge in [-0.3, -0.25) is 23.2 Å². The minimum Gasteiger partial charge on any atom is -0.462 e. The van der Waals surface area contributed by atoms with E-state index in [4.69, 9.17) is 28.3 Å². The Bertz CT molecular complexity index is 1440. The highest BCUT2D eigenvalue weighted by Gasteiger charge is 2.28. The zero-order valence-corrected chi connectivity index (χ0v) is 43.3. The van der Waals surface area contributed by atoms with Crippen LogP contribution < -0.4 is 0 Å². The third kappa shape index (κ3) is 48.6. The summed E-state index contributed by atoms with van der Waals surface area (Å²) in [5, 5.41) is 19.3. The molecule has 0 radical (unpaired) electrons. The van der Waals surface area contributed by atoms with Crippen molar-refractivity contribution in [1.29, 1.82) is 0 Å². The average Bonchev–Trinajstić information content (AvgIpc) is 3.29. The molecule has 0 saturated carbocycles. The zero-order valence-electron chi connectivity index (χ0n) is 41.5. The zero-order chi connectivity index (χ0) is 49.7. The van der Waals surface area contributed by atoms with Crippen LogP contribution in [-0.4, -0.2) is 81.6 Å². The predicted octanol–water partition coefficient (Wildman–Crippen LogP) is 12.8. The van der Waals surface area contributed by atoms with Crippen LogP contribution in [0.15, 0.2) is 60.8 Å². The number of rotatable bonds is 47. The fraction of sp³-hybridized carbons (Fsp3) is 0.765. The van der Waals surface area contributed by atoms with E-state index in [0.717, 1.165) is 44.4 Å². The maximum atomic E-state index is 12.7. The number of unbranched alkanes of at least 4 members (excludes halogenated alkanes) is 18. The maximum absolute atomic E-state index is 12.7. The minimum absolute atomic E-state index is 0.0386. The van der Waals surface area contributed by atoms with Gasteiger partial charge < -0.3 is 34.4 Å². The SMILES string of the molecule is CCC(C)CCCCCCCCCCCCCCCCCCCCC(=O)OC[C@H](COP(=O)(O)OC[C@@H](O)COP(=O)(O)O)OC(=O)CCC/C=C\C/C=C\C/C=C\C/C=C\C=C\[C@H](O)CC. The molecule has 0 bridgehead atoms. The minimum atomic E-state index is -4.88. The van der Waals surface area contributed by atoms with E-state index in [2.05, 4.69) is 42.7 Å². The second kappa shape index (κ2) is 45.0. The third-order valence-corrected chi connectivity index (χ3v) is 12.5. The van der Waals surface area contributed by atoms with Gasteiger partial charge in [0.1, 0.15) is 12.7 Å². The number of carbonyl (C=O) groups is 2. The molecule has 14 nitrogen and oxygen atoms in total. The van der Waals surface area contributed by atoms with Crippen LogP contribution in [0, 0.1) is 5.92 Å². The van der Waals surface area contributed by atoms with E-state index in [1.165, 1.54) is 103 Å². The summed E-state index contributed by atoms with van der Waals surface area (Å²) in [7, 11) is -9.72. The lowest BCUT2D eigenvalue weighted by atomic mass is 9.99. The molecule has 2 unspecified atom stereocenters. The van der Waals surface area contributed by atoms with Crippen molar-refractivity contribution < 1.29 is 66.7 Å². The predicted molar refractivity (Wildman–Crippen MR) is 268 cm³/mol. The van der Waals surface area contributed by atoms with Crippen LogP contribution in [0.2, 0.25) is 0 Å². The average molecular weight is 991 g/mol. The Labute approximate surface area is 404 Å². The molecule has 0 amide bonds. The smallest absolute Gasteiger partial charge is 0.462 e. The van der Waals surface area contributed by atoms with Crippen molar-refractivity contribution in [3.8, 4) is 0 Å². The molecule has 0 aliphatic rings. The monoisotopic (exact) mass is 991 g/mol. The molecule has 0 aromatic rings. The quantitative estimate of drug-likeness (QED) is 0.0126. The number of hydrogen-bond donors (Lipinski definition) is 5. The lowest BCUT2D eigenvalue weighted by Crippen LogP contribution is -2.29. The summed E-state index contributed by atoms with van der Waals surface area (Å²) in [6.45, 7) is 3.77. The Kier molecular flexibility index (Phi) is 43.5. The van der Waals surface area contributed by atoms with Crippen LogP contribution in [-0.2, 0) is 41.8 Å². The Balaban J connectivity index is 4.47. The van der Waals surface area contributed by atoms with Gasteiger partial charge in [-0.2, -0.15) is 0 Å². The fourth-order valence-electron chi connectivity index (χ4n) is 6.72. The first-order valence-electron chi connectivity index (χ1n) is 25.5. The van der Waals surface area contributed by atoms with Gasteiger partial charge in [0.15, 0.2) is 6.10 Å². The van der Waals surface area contributed by atoms with Gasteiger partial charge in [-0.05, 0) is 50.9 Å². The molecule has 390 valence electrons. The summed E-state index contributed by atoms with van der Waals surface area (Å²) >= 11 is 0. The number of phosphoric acid groups is 2. The van der Waals surface area contributed by atoms with Gasteiger partial charge in [-0.15, -0.1) is 0 Å². The van der Waals surface area contributed by atoms with Crippen molar-refractivity contribution in [3.63, 3.8) is 0 Å². The van der Waals surface area contributed by atoms with E-state index >= 15 is 0 Å². The van der Waals surface area contributed by atoms with Crippen LogP contribution in [0.5, 0.6) is 0 Å². The van der Waals surface area contributed by atoms with Gasteiger partial charge in [-0.1, -0.05) is 204 Å². The number of hydrogen-bond acceptors (Lipinski definition) is 11. The number of phosphoric ester groups is 2. The van der Waals surface area contributed by atoms with Gasteiger partial charge in [0, 0.05) is 12.8 Å². The number of allylic oxidation sites excluding steroid dienone is 9. The Morgan fingerprint density at radius 2 is 0.985 bits per heavy atom. The number of aliphatic hydroxyl groups is 2. The highest BCUT2D eigenvalue weighted by molar-refractivity contribution is 7.47. The van der Waals surface area contributed by atoms with E-state index in [9.17, 15) is 33.8 Å². The second-order valence-corrected chi connectivity index (χ2v) is 20.2. The normalized spacial score (nSPS) is 15.3. The van der Waals surface area contributed by atoms with Crippen LogP contribution >= 0.6 is 15.6 Å². The Hall–Kier alpha value is -2.22. The van der Waals surface area contributed by atoms with Crippen molar-refractivity contribution in [3.05, 3.63) is 60.8 Å². The van der Waals surface area contributed by atoms with Crippen molar-refractivity contribution >= 4 is 27.6 Å². The summed E-state index contributed by atoms with van der Waals surface area (Å²) in [5.41, 5.74) is 0. The van der Waals surface area contributed by atoms with E-state index in [1.807, 2.05) is 37.3 Å². The molecular weight excluding hydrogens is 898 g/mol. The summed E-state index contributed by atoms with van der Waals surface area (Å²) < 4.78 is 47.9. The standard InChI is InChI=1S/C51H92O14P2/c1-4-46(3)38-34-30-26-22-18-14-10-8-6-7-9-11-16-20-24-28-32-36-40-50(54)61-44-49(45-64-67(59,60)63-43-48(53)42-62-66(56,57)58)65-51(55)41-37-33-29-25-21-17-13-12-15-19-23-27-31-35-39-47(52)5-2/h13,15,17,19,25,27,29,31,35,39,46-49,52-53H,4-12,14,16,18,20-24,26,28,30,32-34,36-38,40-45H2,1-3H3,(H,59,60)(H2,56,57,58)/b17-13-,19-15-,29-25-,31-27-,39-35+/t46?,47-,48+,49-/m1/s1. The van der Waals surface area contributed by atoms with Gasteiger partial charge in [0.25, 0.3) is 0 Å². The van der Waals surface area contributed by atoms with E-state index in [1.54, 1.807) is 6.08 Å². The van der Waals surface area contributed by atoms with Crippen molar-refractivity contribution in [2.45, 2.75) is 219 Å². The molecular formula is C51H92O14P2. The molecule has 0 saturated heterocycles. The lowest BCUT2D eigenvalue weighted by molar-refractivity contribution is -0.161. The molecule has 0 heterocycles. The molecule has 0 aliphatic carbocycles.